The number of likely N-dealkylation sites (tertiary alicyclic amines) is 1. The minimum Gasteiger partial charge on any atom is -0.475 e. The summed E-state index contributed by atoms with van der Waals surface area (Å²) in [5, 5.41) is 6.81. The van der Waals surface area contributed by atoms with Crippen molar-refractivity contribution in [2.24, 2.45) is 4.99 Å². The number of guanidine groups is 1. The van der Waals surface area contributed by atoms with E-state index in [2.05, 4.69) is 33.5 Å². The molecule has 0 radical (unpaired) electrons. The molecule has 29 heavy (non-hydrogen) atoms. The van der Waals surface area contributed by atoms with Gasteiger partial charge in [-0.15, -0.1) is 0 Å². The highest BCUT2D eigenvalue weighted by Gasteiger charge is 2.25. The fourth-order valence-corrected chi connectivity index (χ4v) is 3.46. The number of pyridine rings is 1. The smallest absolute Gasteiger partial charge is 0.213 e. The predicted octanol–water partition coefficient (Wildman–Crippen LogP) is 3.35. The molecule has 0 bridgehead atoms. The molecule has 0 saturated carbocycles. The van der Waals surface area contributed by atoms with Gasteiger partial charge in [-0.25, -0.2) is 9.98 Å². The van der Waals surface area contributed by atoms with Gasteiger partial charge in [0, 0.05) is 25.4 Å². The molecule has 3 rings (SSSR count). The molecular formula is C22H33N5O2. The molecule has 1 aliphatic heterocycles. The normalized spacial score (nSPS) is 16.2. The number of furan rings is 1. The van der Waals surface area contributed by atoms with Crippen LogP contribution in [0.25, 0.3) is 0 Å². The number of hydrogen-bond acceptors (Lipinski definition) is 5. The number of ether oxygens (including phenoxy) is 1. The molecular weight excluding hydrogens is 366 g/mol. The van der Waals surface area contributed by atoms with Crippen LogP contribution in [-0.2, 0) is 6.54 Å². The minimum atomic E-state index is 0.119. The van der Waals surface area contributed by atoms with E-state index in [9.17, 15) is 0 Å². The lowest BCUT2D eigenvalue weighted by Crippen LogP contribution is -2.42. The number of nitrogens with zero attached hydrogens (tertiary/aromatic N) is 3. The summed E-state index contributed by atoms with van der Waals surface area (Å²) >= 11 is 0. The van der Waals surface area contributed by atoms with Gasteiger partial charge in [0.2, 0.25) is 5.88 Å². The van der Waals surface area contributed by atoms with Crippen molar-refractivity contribution in [2.45, 2.75) is 52.3 Å². The number of hydrogen-bond donors (Lipinski definition) is 2. The summed E-state index contributed by atoms with van der Waals surface area (Å²) in [5.74, 6) is 2.44. The Morgan fingerprint density at radius 3 is 2.69 bits per heavy atom. The molecule has 2 aromatic heterocycles. The van der Waals surface area contributed by atoms with Gasteiger partial charge >= 0.3 is 0 Å². The Kier molecular flexibility index (Phi) is 7.93. The Morgan fingerprint density at radius 2 is 2.07 bits per heavy atom. The van der Waals surface area contributed by atoms with E-state index >= 15 is 0 Å². The topological polar surface area (TPSA) is 74.9 Å². The highest BCUT2D eigenvalue weighted by Crippen LogP contribution is 2.24. The van der Waals surface area contributed by atoms with Crippen molar-refractivity contribution in [2.75, 3.05) is 26.2 Å². The van der Waals surface area contributed by atoms with Crippen LogP contribution in [0.5, 0.6) is 5.88 Å². The van der Waals surface area contributed by atoms with Gasteiger partial charge in [0.25, 0.3) is 0 Å². The quantitative estimate of drug-likeness (QED) is 0.498. The molecule has 1 unspecified atom stereocenters. The molecule has 3 heterocycles. The third-order valence-corrected chi connectivity index (χ3v) is 4.83. The van der Waals surface area contributed by atoms with Crippen molar-refractivity contribution in [1.29, 1.82) is 0 Å². The van der Waals surface area contributed by atoms with Crippen molar-refractivity contribution in [3.63, 3.8) is 0 Å². The van der Waals surface area contributed by atoms with Gasteiger partial charge in [-0.1, -0.05) is 6.07 Å². The van der Waals surface area contributed by atoms with Crippen LogP contribution in [0.2, 0.25) is 0 Å². The molecule has 1 aliphatic rings. The first-order valence-corrected chi connectivity index (χ1v) is 10.6. The van der Waals surface area contributed by atoms with Crippen LogP contribution in [0.3, 0.4) is 0 Å². The lowest BCUT2D eigenvalue weighted by molar-refractivity contribution is 0.215. The largest absolute Gasteiger partial charge is 0.475 e. The van der Waals surface area contributed by atoms with Crippen molar-refractivity contribution in [1.82, 2.24) is 20.5 Å². The summed E-state index contributed by atoms with van der Waals surface area (Å²) in [6, 6.07) is 8.13. The number of nitrogens with one attached hydrogen (secondary N) is 2. The van der Waals surface area contributed by atoms with Crippen LogP contribution in [0.15, 0.2) is 46.1 Å². The SMILES string of the molecule is CCNC(=NCc1ccc(OC(C)C)nc1)NCC(c1ccco1)N1CCCC1. The first kappa shape index (κ1) is 21.2. The summed E-state index contributed by atoms with van der Waals surface area (Å²) in [4.78, 5) is 11.5. The van der Waals surface area contributed by atoms with E-state index in [1.807, 2.05) is 38.2 Å². The molecule has 0 aliphatic carbocycles. The lowest BCUT2D eigenvalue weighted by Gasteiger charge is -2.26. The highest BCUT2D eigenvalue weighted by molar-refractivity contribution is 5.79. The van der Waals surface area contributed by atoms with Crippen LogP contribution < -0.4 is 15.4 Å². The molecule has 158 valence electrons. The monoisotopic (exact) mass is 399 g/mol. The van der Waals surface area contributed by atoms with E-state index in [-0.39, 0.29) is 12.1 Å². The van der Waals surface area contributed by atoms with Crippen LogP contribution in [-0.4, -0.2) is 48.1 Å². The third kappa shape index (κ3) is 6.49. The van der Waals surface area contributed by atoms with E-state index in [0.29, 0.717) is 12.4 Å². The van der Waals surface area contributed by atoms with Crippen LogP contribution in [0, 0.1) is 0 Å². The van der Waals surface area contributed by atoms with Gasteiger partial charge in [-0.3, -0.25) is 4.90 Å². The zero-order chi connectivity index (χ0) is 20.5. The molecule has 1 saturated heterocycles. The van der Waals surface area contributed by atoms with Gasteiger partial charge < -0.3 is 19.8 Å². The van der Waals surface area contributed by atoms with Crippen molar-refractivity contribution in [3.05, 3.63) is 48.0 Å². The van der Waals surface area contributed by atoms with Gasteiger partial charge in [0.1, 0.15) is 5.76 Å². The maximum Gasteiger partial charge on any atom is 0.213 e. The second-order valence-electron chi connectivity index (χ2n) is 7.52. The Hall–Kier alpha value is -2.54. The molecule has 0 amide bonds. The summed E-state index contributed by atoms with van der Waals surface area (Å²) in [7, 11) is 0. The lowest BCUT2D eigenvalue weighted by atomic mass is 10.2. The standard InChI is InChI=1S/C22H33N5O2/c1-4-23-22(25-15-18-9-10-21(24-14-18)29-17(2)3)26-16-19(20-8-7-13-28-20)27-11-5-6-12-27/h7-10,13-14,17,19H,4-6,11-12,15-16H2,1-3H3,(H2,23,25,26). The third-order valence-electron chi connectivity index (χ3n) is 4.83. The van der Waals surface area contributed by atoms with E-state index in [1.54, 1.807) is 6.26 Å². The Labute approximate surface area is 173 Å². The zero-order valence-corrected chi connectivity index (χ0v) is 17.7. The van der Waals surface area contributed by atoms with E-state index in [0.717, 1.165) is 43.5 Å². The van der Waals surface area contributed by atoms with Crippen molar-refractivity contribution in [3.8, 4) is 5.88 Å². The summed E-state index contributed by atoms with van der Waals surface area (Å²) < 4.78 is 11.3. The van der Waals surface area contributed by atoms with E-state index < -0.39 is 0 Å². The number of aromatic nitrogens is 1. The van der Waals surface area contributed by atoms with E-state index in [4.69, 9.17) is 14.1 Å². The second-order valence-corrected chi connectivity index (χ2v) is 7.52. The van der Waals surface area contributed by atoms with Crippen LogP contribution >= 0.6 is 0 Å². The first-order chi connectivity index (χ1) is 14.2. The molecule has 7 heteroatoms. The molecule has 0 aromatic carbocycles. The zero-order valence-electron chi connectivity index (χ0n) is 17.7. The van der Waals surface area contributed by atoms with Gasteiger partial charge in [-0.05, 0) is 64.4 Å². The minimum absolute atomic E-state index is 0.119. The maximum atomic E-state index is 5.71. The van der Waals surface area contributed by atoms with Crippen molar-refractivity contribution >= 4 is 5.96 Å². The molecule has 1 atom stereocenters. The number of aliphatic imine (C=N–C) groups is 1. The van der Waals surface area contributed by atoms with Gasteiger partial charge in [0.05, 0.1) is 25.0 Å². The van der Waals surface area contributed by atoms with Gasteiger partial charge in [-0.2, -0.15) is 0 Å². The number of rotatable bonds is 9. The molecule has 7 nitrogen and oxygen atoms in total. The summed E-state index contributed by atoms with van der Waals surface area (Å²) in [5.41, 5.74) is 1.04. The van der Waals surface area contributed by atoms with Crippen LogP contribution in [0.1, 0.15) is 51.0 Å². The average Bonchev–Trinajstić information content (AvgIpc) is 3.42. The molecule has 2 N–H and O–H groups in total. The summed E-state index contributed by atoms with van der Waals surface area (Å²) in [6.07, 6.45) is 6.18. The highest BCUT2D eigenvalue weighted by atomic mass is 16.5. The Morgan fingerprint density at radius 1 is 1.24 bits per heavy atom. The summed E-state index contributed by atoms with van der Waals surface area (Å²) in [6.45, 7) is 10.4. The second kappa shape index (κ2) is 10.9. The van der Waals surface area contributed by atoms with Gasteiger partial charge in [0.15, 0.2) is 5.96 Å². The fraction of sp³-hybridized carbons (Fsp3) is 0.545. The molecule has 0 spiro atoms. The average molecular weight is 400 g/mol. The molecule has 2 aromatic rings. The van der Waals surface area contributed by atoms with Crippen molar-refractivity contribution < 1.29 is 9.15 Å². The Balaban J connectivity index is 1.60. The van der Waals surface area contributed by atoms with Crippen LogP contribution in [0.4, 0.5) is 0 Å². The first-order valence-electron chi connectivity index (χ1n) is 10.6. The Bertz CT molecular complexity index is 737. The fourth-order valence-electron chi connectivity index (χ4n) is 3.46. The predicted molar refractivity (Wildman–Crippen MR) is 115 cm³/mol. The maximum absolute atomic E-state index is 5.71. The van der Waals surface area contributed by atoms with E-state index in [1.165, 1.54) is 12.8 Å². The molecule has 1 fully saturated rings.